The zero-order valence-corrected chi connectivity index (χ0v) is 17.5. The Morgan fingerprint density at radius 2 is 2.00 bits per heavy atom. The zero-order chi connectivity index (χ0) is 20.7. The summed E-state index contributed by atoms with van der Waals surface area (Å²) < 4.78 is 11.7. The quantitative estimate of drug-likeness (QED) is 0.490. The Hall–Kier alpha value is -3.20. The number of ether oxygens (including phenoxy) is 2. The van der Waals surface area contributed by atoms with Crippen LogP contribution in [0.25, 0.3) is 10.8 Å². The molecule has 0 fully saturated rings. The average molecular weight is 398 g/mol. The predicted octanol–water partition coefficient (Wildman–Crippen LogP) is 6.63. The maximum atomic E-state index is 5.92. The van der Waals surface area contributed by atoms with Crippen molar-refractivity contribution < 1.29 is 9.47 Å². The van der Waals surface area contributed by atoms with Gasteiger partial charge in [0.05, 0.1) is 13.2 Å². The molecule has 152 valence electrons. The molecule has 3 unspecified atom stereocenters. The third kappa shape index (κ3) is 3.15. The number of anilines is 1. The van der Waals surface area contributed by atoms with Gasteiger partial charge in [-0.05, 0) is 65.4 Å². The molecule has 0 saturated heterocycles. The van der Waals surface area contributed by atoms with E-state index >= 15 is 0 Å². The van der Waals surface area contributed by atoms with E-state index in [1.165, 1.54) is 27.6 Å². The van der Waals surface area contributed by atoms with Crippen LogP contribution < -0.4 is 14.8 Å². The van der Waals surface area contributed by atoms with Crippen LogP contribution in [0.4, 0.5) is 5.69 Å². The normalized spacial score (nSPS) is 21.6. The maximum Gasteiger partial charge on any atom is 0.124 e. The highest BCUT2D eigenvalue weighted by molar-refractivity contribution is 5.89. The first-order valence-corrected chi connectivity index (χ1v) is 10.6. The summed E-state index contributed by atoms with van der Waals surface area (Å²) in [5, 5.41) is 6.35. The summed E-state index contributed by atoms with van der Waals surface area (Å²) in [6.07, 6.45) is 5.72. The molecule has 0 bridgehead atoms. The number of fused-ring (bicyclic) bond motifs is 4. The summed E-state index contributed by atoms with van der Waals surface area (Å²) in [7, 11) is 1.76. The molecule has 0 spiro atoms. The molecule has 0 radical (unpaired) electrons. The van der Waals surface area contributed by atoms with Crippen LogP contribution in [0.15, 0.2) is 78.9 Å². The molecule has 3 atom stereocenters. The van der Waals surface area contributed by atoms with Crippen LogP contribution in [0.3, 0.4) is 0 Å². The van der Waals surface area contributed by atoms with E-state index in [4.69, 9.17) is 9.47 Å². The molecule has 0 aromatic heterocycles. The number of rotatable bonds is 5. The molecule has 3 aromatic carbocycles. The van der Waals surface area contributed by atoms with Crippen molar-refractivity contribution in [3.05, 3.63) is 90.0 Å². The fourth-order valence-electron chi connectivity index (χ4n) is 4.93. The molecule has 0 amide bonds. The summed E-state index contributed by atoms with van der Waals surface area (Å²) in [6, 6.07) is 19.4. The minimum atomic E-state index is 0.181. The number of benzene rings is 3. The van der Waals surface area contributed by atoms with Gasteiger partial charge >= 0.3 is 0 Å². The monoisotopic (exact) mass is 397 g/mol. The Bertz CT molecular complexity index is 1150. The van der Waals surface area contributed by atoms with Gasteiger partial charge in [-0.3, -0.25) is 0 Å². The molecular weight excluding hydrogens is 370 g/mol. The van der Waals surface area contributed by atoms with Gasteiger partial charge in [-0.15, -0.1) is 0 Å². The number of methoxy groups -OCH3 is 1. The number of hydrogen-bond donors (Lipinski definition) is 1. The smallest absolute Gasteiger partial charge is 0.124 e. The van der Waals surface area contributed by atoms with E-state index < -0.39 is 0 Å². The van der Waals surface area contributed by atoms with E-state index in [0.717, 1.165) is 23.5 Å². The average Bonchev–Trinajstić information content (AvgIpc) is 3.27. The molecule has 1 N–H and O–H groups in total. The molecule has 0 saturated carbocycles. The van der Waals surface area contributed by atoms with E-state index in [0.29, 0.717) is 18.4 Å². The highest BCUT2D eigenvalue weighted by Crippen LogP contribution is 2.53. The topological polar surface area (TPSA) is 30.5 Å². The van der Waals surface area contributed by atoms with Crippen LogP contribution in [-0.4, -0.2) is 13.7 Å². The minimum absolute atomic E-state index is 0.181. The standard InChI is InChI=1S/C27H27NO2/c1-17(2)16-30-19-12-13-24-23(15-19)21-9-6-10-22(21)27(28-24)26-20-8-5-4-7-18(20)11-14-25(26)29-3/h4-9,11-15,21-22,27-28H,1,10,16H2,2-3H3. The molecule has 1 aliphatic carbocycles. The number of nitrogens with one attached hydrogen (secondary N) is 1. The predicted molar refractivity (Wildman–Crippen MR) is 124 cm³/mol. The molecule has 30 heavy (non-hydrogen) atoms. The van der Waals surface area contributed by atoms with Crippen LogP contribution in [0, 0.1) is 5.92 Å². The first kappa shape index (κ1) is 18.8. The van der Waals surface area contributed by atoms with Crippen molar-refractivity contribution in [2.24, 2.45) is 5.92 Å². The summed E-state index contributed by atoms with van der Waals surface area (Å²) in [4.78, 5) is 0. The van der Waals surface area contributed by atoms with E-state index in [1.807, 2.05) is 13.0 Å². The van der Waals surface area contributed by atoms with E-state index in [1.54, 1.807) is 7.11 Å². The van der Waals surface area contributed by atoms with Crippen molar-refractivity contribution in [3.8, 4) is 11.5 Å². The molecule has 1 aliphatic heterocycles. The molecule has 3 aromatic rings. The van der Waals surface area contributed by atoms with Crippen molar-refractivity contribution >= 4 is 16.5 Å². The van der Waals surface area contributed by atoms with Crippen LogP contribution in [0.1, 0.15) is 36.4 Å². The van der Waals surface area contributed by atoms with Gasteiger partial charge in [-0.2, -0.15) is 0 Å². The fraction of sp³-hybridized carbons (Fsp3) is 0.259. The van der Waals surface area contributed by atoms with Gasteiger partial charge < -0.3 is 14.8 Å². The molecule has 3 nitrogen and oxygen atoms in total. The second-order valence-corrected chi connectivity index (χ2v) is 8.37. The Morgan fingerprint density at radius 3 is 2.83 bits per heavy atom. The van der Waals surface area contributed by atoms with Gasteiger partial charge in [-0.25, -0.2) is 0 Å². The van der Waals surface area contributed by atoms with E-state index in [2.05, 4.69) is 72.6 Å². The number of hydrogen-bond acceptors (Lipinski definition) is 3. The number of allylic oxidation sites excluding steroid dienone is 2. The Labute approximate surface area is 178 Å². The van der Waals surface area contributed by atoms with Crippen molar-refractivity contribution in [2.45, 2.75) is 25.3 Å². The summed E-state index contributed by atoms with van der Waals surface area (Å²) in [5.74, 6) is 2.65. The summed E-state index contributed by atoms with van der Waals surface area (Å²) in [6.45, 7) is 6.47. The summed E-state index contributed by atoms with van der Waals surface area (Å²) in [5.41, 5.74) is 4.75. The highest BCUT2D eigenvalue weighted by atomic mass is 16.5. The van der Waals surface area contributed by atoms with Gasteiger partial charge in [0.25, 0.3) is 0 Å². The summed E-state index contributed by atoms with van der Waals surface area (Å²) >= 11 is 0. The Balaban J connectivity index is 1.59. The highest BCUT2D eigenvalue weighted by Gasteiger charge is 2.39. The molecule has 1 heterocycles. The van der Waals surface area contributed by atoms with Gasteiger partial charge in [0, 0.05) is 17.2 Å². The zero-order valence-electron chi connectivity index (χ0n) is 17.5. The first-order valence-electron chi connectivity index (χ1n) is 10.6. The van der Waals surface area contributed by atoms with Gasteiger partial charge in [-0.1, -0.05) is 49.1 Å². The van der Waals surface area contributed by atoms with Crippen molar-refractivity contribution in [2.75, 3.05) is 19.0 Å². The lowest BCUT2D eigenvalue weighted by Gasteiger charge is -2.38. The van der Waals surface area contributed by atoms with Gasteiger partial charge in [0.1, 0.15) is 18.1 Å². The second kappa shape index (κ2) is 7.56. The van der Waals surface area contributed by atoms with E-state index in [9.17, 15) is 0 Å². The van der Waals surface area contributed by atoms with Crippen LogP contribution in [-0.2, 0) is 0 Å². The van der Waals surface area contributed by atoms with Crippen molar-refractivity contribution in [1.29, 1.82) is 0 Å². The van der Waals surface area contributed by atoms with Crippen LogP contribution >= 0.6 is 0 Å². The van der Waals surface area contributed by atoms with Crippen LogP contribution in [0.2, 0.25) is 0 Å². The largest absolute Gasteiger partial charge is 0.496 e. The second-order valence-electron chi connectivity index (χ2n) is 8.37. The third-order valence-corrected chi connectivity index (χ3v) is 6.28. The van der Waals surface area contributed by atoms with E-state index in [-0.39, 0.29) is 6.04 Å². The lowest BCUT2D eigenvalue weighted by atomic mass is 9.76. The Morgan fingerprint density at radius 1 is 1.13 bits per heavy atom. The molecular formula is C27H27NO2. The molecule has 2 aliphatic rings. The Kier molecular flexibility index (Phi) is 4.74. The fourth-order valence-corrected chi connectivity index (χ4v) is 4.93. The SMILES string of the molecule is C=C(C)COc1ccc2c(c1)C1C=CCC1C(c1c(OC)ccc3ccccc13)N2. The molecule has 5 rings (SSSR count). The van der Waals surface area contributed by atoms with Crippen LogP contribution in [0.5, 0.6) is 11.5 Å². The van der Waals surface area contributed by atoms with Crippen molar-refractivity contribution in [3.63, 3.8) is 0 Å². The minimum Gasteiger partial charge on any atom is -0.496 e. The first-order chi connectivity index (χ1) is 14.7. The lowest BCUT2D eigenvalue weighted by Crippen LogP contribution is -2.29. The molecule has 3 heteroatoms. The third-order valence-electron chi connectivity index (χ3n) is 6.28. The van der Waals surface area contributed by atoms with Gasteiger partial charge in [0.2, 0.25) is 0 Å². The maximum absolute atomic E-state index is 5.92. The van der Waals surface area contributed by atoms with Crippen molar-refractivity contribution in [1.82, 2.24) is 0 Å². The van der Waals surface area contributed by atoms with Gasteiger partial charge in [0.15, 0.2) is 0 Å². The lowest BCUT2D eigenvalue weighted by molar-refractivity contribution is 0.350.